The van der Waals surface area contributed by atoms with Gasteiger partial charge in [-0.1, -0.05) is 22.5 Å². The third kappa shape index (κ3) is 4.59. The molecule has 2 aromatic heterocycles. The van der Waals surface area contributed by atoms with Crippen LogP contribution in [0.15, 0.2) is 52.6 Å². The Morgan fingerprint density at radius 1 is 1.18 bits per heavy atom. The molecule has 0 saturated heterocycles. The lowest BCUT2D eigenvalue weighted by Crippen LogP contribution is -2.24. The number of aromatic nitrogens is 4. The summed E-state index contributed by atoms with van der Waals surface area (Å²) in [7, 11) is 0. The number of rotatable bonds is 7. The molecular weight excluding hydrogens is 459 g/mol. The first-order valence-electron chi connectivity index (χ1n) is 9.39. The first kappa shape index (κ1) is 22.1. The van der Waals surface area contributed by atoms with Gasteiger partial charge in [-0.3, -0.25) is 4.57 Å². The van der Waals surface area contributed by atoms with Gasteiger partial charge >= 0.3 is 5.69 Å². The summed E-state index contributed by atoms with van der Waals surface area (Å²) in [5.74, 6) is -2.45. The van der Waals surface area contributed by atoms with E-state index in [9.17, 15) is 18.0 Å². The summed E-state index contributed by atoms with van der Waals surface area (Å²) in [6, 6.07) is 7.19. The van der Waals surface area contributed by atoms with Gasteiger partial charge in [0.1, 0.15) is 23.0 Å². The first-order chi connectivity index (χ1) is 15.9. The minimum atomic E-state index is -0.789. The van der Waals surface area contributed by atoms with Crippen LogP contribution in [0, 0.1) is 24.4 Å². The Morgan fingerprint density at radius 3 is 2.64 bits per heavy atom. The van der Waals surface area contributed by atoms with Gasteiger partial charge in [-0.15, -0.1) is 0 Å². The molecule has 0 spiro atoms. The average Bonchev–Trinajstić information content (AvgIpc) is 3.32. The molecule has 9 nitrogen and oxygen atoms in total. The fourth-order valence-corrected chi connectivity index (χ4v) is 3.81. The maximum absolute atomic E-state index is 14.7. The second-order valence-electron chi connectivity index (χ2n) is 6.74. The van der Waals surface area contributed by atoms with Crippen molar-refractivity contribution in [1.82, 2.24) is 19.3 Å². The van der Waals surface area contributed by atoms with Crippen molar-refractivity contribution in [2.24, 2.45) is 5.11 Å². The highest BCUT2D eigenvalue weighted by atomic mass is 32.1. The molecule has 0 aliphatic heterocycles. The van der Waals surface area contributed by atoms with Gasteiger partial charge in [0.25, 0.3) is 0 Å². The number of hydrogen-bond donors (Lipinski definition) is 0. The topological polar surface area (TPSA) is 111 Å². The molecule has 13 heteroatoms. The molecule has 0 radical (unpaired) electrons. The van der Waals surface area contributed by atoms with Crippen LogP contribution >= 0.6 is 11.3 Å². The van der Waals surface area contributed by atoms with Crippen molar-refractivity contribution < 1.29 is 17.9 Å². The second kappa shape index (κ2) is 9.18. The van der Waals surface area contributed by atoms with Crippen molar-refractivity contribution in [3.8, 4) is 16.5 Å². The Kier molecular flexibility index (Phi) is 6.16. The summed E-state index contributed by atoms with van der Waals surface area (Å²) in [5, 5.41) is 8.18. The quantitative estimate of drug-likeness (QED) is 0.217. The van der Waals surface area contributed by atoms with Crippen molar-refractivity contribution in [1.29, 1.82) is 0 Å². The zero-order valence-corrected chi connectivity index (χ0v) is 17.8. The fraction of sp³-hybridized carbons (Fsp3) is 0.150. The molecule has 33 heavy (non-hydrogen) atoms. The van der Waals surface area contributed by atoms with E-state index in [1.54, 1.807) is 6.92 Å². The highest BCUT2D eigenvalue weighted by Crippen LogP contribution is 2.33. The first-order valence-corrected chi connectivity index (χ1v) is 10.2. The molecule has 0 N–H and O–H groups in total. The van der Waals surface area contributed by atoms with Crippen molar-refractivity contribution in [2.45, 2.75) is 20.0 Å². The van der Waals surface area contributed by atoms with Crippen LogP contribution in [0.3, 0.4) is 0 Å². The number of hydrogen-bond acceptors (Lipinski definition) is 6. The molecule has 4 rings (SSSR count). The van der Waals surface area contributed by atoms with E-state index in [0.717, 1.165) is 45.1 Å². The Hall–Kier alpha value is -4.09. The normalized spacial score (nSPS) is 10.8. The highest BCUT2D eigenvalue weighted by Gasteiger charge is 2.16. The Balaban J connectivity index is 1.57. The largest absolute Gasteiger partial charge is 0.442 e. The molecule has 0 amide bonds. The predicted octanol–water partition coefficient (Wildman–Crippen LogP) is 4.87. The molecule has 0 saturated carbocycles. The molecule has 168 valence electrons. The van der Waals surface area contributed by atoms with Crippen molar-refractivity contribution >= 4 is 11.3 Å². The van der Waals surface area contributed by atoms with E-state index in [1.165, 1.54) is 18.2 Å². The number of aryl methyl sites for hydroxylation is 1. The van der Waals surface area contributed by atoms with Gasteiger partial charge in [0.2, 0.25) is 5.06 Å². The van der Waals surface area contributed by atoms with Gasteiger partial charge in [-0.05, 0) is 36.7 Å². The van der Waals surface area contributed by atoms with E-state index < -0.39 is 23.1 Å². The molecular formula is C20H14F3N7O2S. The molecule has 0 fully saturated rings. The maximum Gasteiger partial charge on any atom is 0.350 e. The lowest BCUT2D eigenvalue weighted by Gasteiger charge is -2.07. The van der Waals surface area contributed by atoms with E-state index in [1.807, 2.05) is 0 Å². The van der Waals surface area contributed by atoms with Crippen LogP contribution in [0.25, 0.3) is 16.1 Å². The standard InChI is InChI=1S/C20H14F3N7O2S/c1-11-19(33-18(27-11)8-25-28-24)32-17-6-5-12(7-16(17)23)30-20(31)29(10-26-30)9-13-14(21)3-2-4-15(13)22/h2-7,10H,8-9H2,1H3. The molecule has 4 aromatic rings. The molecule has 0 aliphatic rings. The number of thiazole rings is 1. The molecule has 2 aromatic carbocycles. The number of ether oxygens (including phenoxy) is 1. The van der Waals surface area contributed by atoms with Crippen LogP contribution in [-0.2, 0) is 13.1 Å². The third-order valence-corrected chi connectivity index (χ3v) is 5.57. The van der Waals surface area contributed by atoms with E-state index in [-0.39, 0.29) is 30.1 Å². The van der Waals surface area contributed by atoms with Gasteiger partial charge in [-0.2, -0.15) is 9.78 Å². The number of azide groups is 1. The lowest BCUT2D eigenvalue weighted by molar-refractivity contribution is 0.448. The molecule has 0 unspecified atom stereocenters. The summed E-state index contributed by atoms with van der Waals surface area (Å²) in [4.78, 5) is 19.5. The minimum Gasteiger partial charge on any atom is -0.442 e. The summed E-state index contributed by atoms with van der Waals surface area (Å²) in [5.41, 5.74) is 8.02. The minimum absolute atomic E-state index is 0.0507. The summed E-state index contributed by atoms with van der Waals surface area (Å²) < 4.78 is 50.0. The van der Waals surface area contributed by atoms with Crippen LogP contribution in [0.1, 0.15) is 16.3 Å². The summed E-state index contributed by atoms with van der Waals surface area (Å²) in [6.07, 6.45) is 1.11. The van der Waals surface area contributed by atoms with Gasteiger partial charge in [-0.25, -0.2) is 22.9 Å². The van der Waals surface area contributed by atoms with Crippen LogP contribution in [0.4, 0.5) is 13.2 Å². The molecule has 0 aliphatic carbocycles. The van der Waals surface area contributed by atoms with Gasteiger partial charge < -0.3 is 4.74 Å². The molecule has 0 bridgehead atoms. The number of benzene rings is 2. The van der Waals surface area contributed by atoms with Gasteiger partial charge in [0.05, 0.1) is 24.5 Å². The van der Waals surface area contributed by atoms with Crippen LogP contribution in [0.5, 0.6) is 10.8 Å². The van der Waals surface area contributed by atoms with Crippen molar-refractivity contribution in [3.05, 3.63) is 97.4 Å². The number of nitrogens with zero attached hydrogens (tertiary/aromatic N) is 7. The van der Waals surface area contributed by atoms with E-state index in [0.29, 0.717) is 15.8 Å². The molecule has 0 atom stereocenters. The number of halogens is 3. The molecule has 2 heterocycles. The van der Waals surface area contributed by atoms with E-state index in [2.05, 4.69) is 20.1 Å². The summed E-state index contributed by atoms with van der Waals surface area (Å²) >= 11 is 1.12. The van der Waals surface area contributed by atoms with Crippen LogP contribution < -0.4 is 10.4 Å². The van der Waals surface area contributed by atoms with E-state index in [4.69, 9.17) is 10.3 Å². The summed E-state index contributed by atoms with van der Waals surface area (Å²) in [6.45, 7) is 1.35. The van der Waals surface area contributed by atoms with Gasteiger partial charge in [0, 0.05) is 16.5 Å². The SMILES string of the molecule is Cc1nc(CN=[N+]=[N-])sc1Oc1ccc(-n2ncn(Cc3c(F)cccc3F)c2=O)cc1F. The fourth-order valence-electron chi connectivity index (χ4n) is 2.97. The Morgan fingerprint density at radius 2 is 1.94 bits per heavy atom. The van der Waals surface area contributed by atoms with Crippen molar-refractivity contribution in [3.63, 3.8) is 0 Å². The Bertz CT molecular complexity index is 1420. The highest BCUT2D eigenvalue weighted by molar-refractivity contribution is 7.13. The van der Waals surface area contributed by atoms with Gasteiger partial charge in [0.15, 0.2) is 11.6 Å². The zero-order chi connectivity index (χ0) is 23.5. The zero-order valence-electron chi connectivity index (χ0n) is 16.9. The predicted molar refractivity (Wildman–Crippen MR) is 113 cm³/mol. The van der Waals surface area contributed by atoms with Crippen LogP contribution in [-0.4, -0.2) is 19.3 Å². The Labute approximate surface area is 187 Å². The second-order valence-corrected chi connectivity index (χ2v) is 7.79. The van der Waals surface area contributed by atoms with E-state index >= 15 is 0 Å². The lowest BCUT2D eigenvalue weighted by atomic mass is 10.2. The monoisotopic (exact) mass is 473 g/mol. The third-order valence-electron chi connectivity index (χ3n) is 4.55. The van der Waals surface area contributed by atoms with Crippen LogP contribution in [0.2, 0.25) is 0 Å². The average molecular weight is 473 g/mol. The maximum atomic E-state index is 14.7. The van der Waals surface area contributed by atoms with Crippen molar-refractivity contribution in [2.75, 3.05) is 0 Å². The smallest absolute Gasteiger partial charge is 0.350 e.